The minimum atomic E-state index is -0.888. The molecule has 0 aromatic heterocycles. The number of aliphatic hydroxyl groups excluding tert-OH is 3. The smallest absolute Gasteiger partial charge is 0.0989 e. The molecule has 6 heteroatoms. The van der Waals surface area contributed by atoms with E-state index < -0.39 is 30.3 Å². The molecular weight excluding hydrogens is 214 g/mol. The van der Waals surface area contributed by atoms with Crippen LogP contribution in [-0.2, 0) is 9.47 Å². The van der Waals surface area contributed by atoms with E-state index in [1.165, 1.54) is 0 Å². The van der Waals surface area contributed by atoms with E-state index in [4.69, 9.17) is 25.4 Å². The molecule has 1 aliphatic rings. The molecule has 1 fully saturated rings. The lowest BCUT2D eigenvalue weighted by atomic mass is 9.86. The van der Waals surface area contributed by atoms with Crippen LogP contribution in [0.3, 0.4) is 0 Å². The van der Waals surface area contributed by atoms with Crippen molar-refractivity contribution in [2.45, 2.75) is 31.3 Å². The fraction of sp³-hybridized carbons (Fsp3) is 1.00. The number of hydrogen-bond donors (Lipinski definition) is 4. The first-order chi connectivity index (χ1) is 7.65. The Bertz CT molecular complexity index is 202. The van der Waals surface area contributed by atoms with E-state index in [1.807, 2.05) is 6.92 Å². The van der Waals surface area contributed by atoms with Gasteiger partial charge in [-0.15, -0.1) is 0 Å². The van der Waals surface area contributed by atoms with Crippen LogP contribution in [0.5, 0.6) is 0 Å². The molecule has 0 amide bonds. The summed E-state index contributed by atoms with van der Waals surface area (Å²) in [5.41, 5.74) is 5.80. The topological polar surface area (TPSA) is 105 Å². The predicted octanol–water partition coefficient (Wildman–Crippen LogP) is -1.92. The van der Waals surface area contributed by atoms with Crippen LogP contribution in [0.4, 0.5) is 0 Å². The van der Waals surface area contributed by atoms with Gasteiger partial charge in [-0.05, 0) is 6.92 Å². The van der Waals surface area contributed by atoms with E-state index in [9.17, 15) is 5.11 Å². The summed E-state index contributed by atoms with van der Waals surface area (Å²) in [6.45, 7) is 2.16. The predicted molar refractivity (Wildman–Crippen MR) is 56.8 cm³/mol. The first kappa shape index (κ1) is 13.8. The van der Waals surface area contributed by atoms with Crippen molar-refractivity contribution >= 4 is 0 Å². The second-order valence-electron chi connectivity index (χ2n) is 3.97. The Morgan fingerprint density at radius 3 is 2.44 bits per heavy atom. The second-order valence-corrected chi connectivity index (χ2v) is 3.97. The van der Waals surface area contributed by atoms with E-state index in [-0.39, 0.29) is 19.8 Å². The summed E-state index contributed by atoms with van der Waals surface area (Å²) in [6, 6.07) is -0.605. The van der Waals surface area contributed by atoms with Gasteiger partial charge in [-0.25, -0.2) is 0 Å². The zero-order chi connectivity index (χ0) is 12.1. The summed E-state index contributed by atoms with van der Waals surface area (Å²) in [5.74, 6) is -0.544. The van der Waals surface area contributed by atoms with Gasteiger partial charge in [0.25, 0.3) is 0 Å². The first-order valence-electron chi connectivity index (χ1n) is 5.54. The Hall–Kier alpha value is -0.240. The maximum Gasteiger partial charge on any atom is 0.0989 e. The maximum atomic E-state index is 9.88. The Labute approximate surface area is 95.0 Å². The van der Waals surface area contributed by atoms with Crippen LogP contribution in [0, 0.1) is 5.92 Å². The van der Waals surface area contributed by atoms with Crippen molar-refractivity contribution < 1.29 is 24.8 Å². The Morgan fingerprint density at radius 1 is 1.25 bits per heavy atom. The standard InChI is InChI=1S/C10H21NO5/c1-2-15-5-8-9(11)10(14)6(3-12)7(4-13)16-8/h6-10,12-14H,2-5,11H2,1H3/t6-,7?,8+,9?,10-/m1/s1. The molecule has 6 nitrogen and oxygen atoms in total. The molecule has 1 saturated heterocycles. The summed E-state index contributed by atoms with van der Waals surface area (Å²) in [4.78, 5) is 0. The minimum absolute atomic E-state index is 0.252. The molecular formula is C10H21NO5. The SMILES string of the molecule is CCOC[C@@H]1OC(CO)[C@@H](CO)[C@@H](O)C1N. The highest BCUT2D eigenvalue weighted by molar-refractivity contribution is 4.93. The van der Waals surface area contributed by atoms with Gasteiger partial charge in [-0.1, -0.05) is 0 Å². The lowest BCUT2D eigenvalue weighted by Gasteiger charge is -2.42. The van der Waals surface area contributed by atoms with Crippen molar-refractivity contribution in [2.75, 3.05) is 26.4 Å². The summed E-state index contributed by atoms with van der Waals surface area (Å²) < 4.78 is 10.7. The van der Waals surface area contributed by atoms with Gasteiger partial charge in [-0.2, -0.15) is 0 Å². The molecule has 1 aliphatic heterocycles. The maximum absolute atomic E-state index is 9.88. The van der Waals surface area contributed by atoms with E-state index in [2.05, 4.69) is 0 Å². The monoisotopic (exact) mass is 235 g/mol. The van der Waals surface area contributed by atoms with Gasteiger partial charge < -0.3 is 30.5 Å². The molecule has 0 radical (unpaired) electrons. The fourth-order valence-corrected chi connectivity index (χ4v) is 1.93. The third-order valence-electron chi connectivity index (χ3n) is 2.97. The molecule has 1 heterocycles. The van der Waals surface area contributed by atoms with Crippen molar-refractivity contribution in [1.29, 1.82) is 0 Å². The number of aliphatic hydroxyl groups is 3. The van der Waals surface area contributed by atoms with Crippen molar-refractivity contribution in [3.8, 4) is 0 Å². The Kier molecular flexibility index (Phi) is 5.60. The summed E-state index contributed by atoms with van der Waals surface area (Å²) in [6.07, 6.45) is -1.93. The van der Waals surface area contributed by atoms with E-state index in [0.717, 1.165) is 0 Å². The molecule has 0 aromatic rings. The van der Waals surface area contributed by atoms with Crippen LogP contribution in [0.15, 0.2) is 0 Å². The Morgan fingerprint density at radius 2 is 1.94 bits per heavy atom. The van der Waals surface area contributed by atoms with E-state index in [0.29, 0.717) is 6.61 Å². The van der Waals surface area contributed by atoms with Gasteiger partial charge in [0.1, 0.15) is 0 Å². The van der Waals surface area contributed by atoms with Crippen LogP contribution < -0.4 is 5.73 Å². The summed E-state index contributed by atoms with van der Waals surface area (Å²) in [5, 5.41) is 28.1. The van der Waals surface area contributed by atoms with Gasteiger partial charge in [0.2, 0.25) is 0 Å². The summed E-state index contributed by atoms with van der Waals surface area (Å²) >= 11 is 0. The number of ether oxygens (including phenoxy) is 2. The number of rotatable bonds is 5. The van der Waals surface area contributed by atoms with Crippen molar-refractivity contribution in [1.82, 2.24) is 0 Å². The average molecular weight is 235 g/mol. The molecule has 0 saturated carbocycles. The molecule has 0 spiro atoms. The Balaban J connectivity index is 2.63. The van der Waals surface area contributed by atoms with Gasteiger partial charge in [0.05, 0.1) is 44.2 Å². The minimum Gasteiger partial charge on any atom is -0.396 e. The third kappa shape index (κ3) is 2.91. The van der Waals surface area contributed by atoms with E-state index >= 15 is 0 Å². The molecule has 0 bridgehead atoms. The largest absolute Gasteiger partial charge is 0.396 e. The molecule has 16 heavy (non-hydrogen) atoms. The van der Waals surface area contributed by atoms with Crippen LogP contribution in [0.2, 0.25) is 0 Å². The second kappa shape index (κ2) is 6.48. The summed E-state index contributed by atoms with van der Waals surface area (Å²) in [7, 11) is 0. The molecule has 0 aromatic carbocycles. The van der Waals surface area contributed by atoms with Gasteiger partial charge >= 0.3 is 0 Å². The van der Waals surface area contributed by atoms with Gasteiger partial charge in [0.15, 0.2) is 0 Å². The lowest BCUT2D eigenvalue weighted by Crippen LogP contribution is -2.61. The number of hydrogen-bond acceptors (Lipinski definition) is 6. The first-order valence-corrected chi connectivity index (χ1v) is 5.54. The zero-order valence-corrected chi connectivity index (χ0v) is 9.45. The van der Waals surface area contributed by atoms with Gasteiger partial charge in [-0.3, -0.25) is 0 Å². The highest BCUT2D eigenvalue weighted by Crippen LogP contribution is 2.24. The highest BCUT2D eigenvalue weighted by Gasteiger charge is 2.42. The van der Waals surface area contributed by atoms with Crippen LogP contribution in [0.25, 0.3) is 0 Å². The van der Waals surface area contributed by atoms with Crippen molar-refractivity contribution in [3.05, 3.63) is 0 Å². The van der Waals surface area contributed by atoms with Crippen molar-refractivity contribution in [2.24, 2.45) is 11.7 Å². The van der Waals surface area contributed by atoms with Crippen molar-refractivity contribution in [3.63, 3.8) is 0 Å². The van der Waals surface area contributed by atoms with Crippen LogP contribution in [0.1, 0.15) is 6.92 Å². The third-order valence-corrected chi connectivity index (χ3v) is 2.97. The molecule has 5 N–H and O–H groups in total. The quantitative estimate of drug-likeness (QED) is 0.443. The van der Waals surface area contributed by atoms with Crippen LogP contribution in [-0.4, -0.2) is 66.1 Å². The normalized spacial score (nSPS) is 39.9. The number of nitrogens with two attached hydrogens (primary N) is 1. The molecule has 0 aliphatic carbocycles. The molecule has 1 rings (SSSR count). The van der Waals surface area contributed by atoms with Crippen LogP contribution >= 0.6 is 0 Å². The average Bonchev–Trinajstić information content (AvgIpc) is 2.30. The van der Waals surface area contributed by atoms with E-state index in [1.54, 1.807) is 0 Å². The fourth-order valence-electron chi connectivity index (χ4n) is 1.93. The van der Waals surface area contributed by atoms with Gasteiger partial charge in [0, 0.05) is 12.5 Å². The zero-order valence-electron chi connectivity index (χ0n) is 9.45. The lowest BCUT2D eigenvalue weighted by molar-refractivity contribution is -0.183. The highest BCUT2D eigenvalue weighted by atomic mass is 16.5. The molecule has 96 valence electrons. The molecule has 2 unspecified atom stereocenters. The molecule has 5 atom stereocenters.